The Morgan fingerprint density at radius 2 is 1.42 bits per heavy atom. The normalized spacial score (nSPS) is 9.37. The van der Waals surface area contributed by atoms with Crippen molar-refractivity contribution < 1.29 is 9.53 Å². The van der Waals surface area contributed by atoms with E-state index in [1.165, 1.54) is 0 Å². The molecule has 19 heavy (non-hydrogen) atoms. The van der Waals surface area contributed by atoms with E-state index in [-0.39, 0.29) is 0 Å². The number of carbonyl (C=O) groups is 1. The van der Waals surface area contributed by atoms with Crippen LogP contribution >= 0.6 is 23.2 Å². The van der Waals surface area contributed by atoms with Gasteiger partial charge >= 0.3 is 5.97 Å². The lowest BCUT2D eigenvalue weighted by Crippen LogP contribution is -2.04. The van der Waals surface area contributed by atoms with Gasteiger partial charge in [0.15, 0.2) is 0 Å². The van der Waals surface area contributed by atoms with E-state index in [9.17, 15) is 4.79 Å². The topological polar surface area (TPSA) is 26.3 Å². The predicted molar refractivity (Wildman–Crippen MR) is 75.4 cm³/mol. The molecule has 2 aromatic rings. The van der Waals surface area contributed by atoms with Gasteiger partial charge in [-0.25, -0.2) is 4.79 Å². The van der Waals surface area contributed by atoms with Gasteiger partial charge in [0.2, 0.25) is 0 Å². The molecule has 2 rings (SSSR count). The summed E-state index contributed by atoms with van der Waals surface area (Å²) in [4.78, 5) is 11.5. The molecule has 0 amide bonds. The standard InChI is InChI=1S/C15H8Cl2O2/c16-12-4-1-11(2-5-12)3-10-15(18)19-14-8-6-13(17)7-9-14/h1-2,4-9H. The van der Waals surface area contributed by atoms with Crippen molar-refractivity contribution in [1.82, 2.24) is 0 Å². The van der Waals surface area contributed by atoms with Gasteiger partial charge in [0.1, 0.15) is 5.75 Å². The zero-order valence-corrected chi connectivity index (χ0v) is 11.2. The molecule has 0 aliphatic heterocycles. The van der Waals surface area contributed by atoms with Gasteiger partial charge in [-0.15, -0.1) is 0 Å². The third kappa shape index (κ3) is 4.33. The third-order valence-corrected chi connectivity index (χ3v) is 2.68. The summed E-state index contributed by atoms with van der Waals surface area (Å²) in [6.45, 7) is 0. The third-order valence-electron chi connectivity index (χ3n) is 2.18. The molecule has 0 aliphatic carbocycles. The highest BCUT2D eigenvalue weighted by molar-refractivity contribution is 6.30. The summed E-state index contributed by atoms with van der Waals surface area (Å²) in [6, 6.07) is 13.3. The summed E-state index contributed by atoms with van der Waals surface area (Å²) in [6.07, 6.45) is 0. The average molecular weight is 291 g/mol. The molecule has 0 atom stereocenters. The Kier molecular flexibility index (Phi) is 4.46. The predicted octanol–water partition coefficient (Wildman–Crippen LogP) is 3.95. The summed E-state index contributed by atoms with van der Waals surface area (Å²) < 4.78 is 5.02. The first-order chi connectivity index (χ1) is 9.13. The number of hydrogen-bond donors (Lipinski definition) is 0. The van der Waals surface area contributed by atoms with Gasteiger partial charge < -0.3 is 4.74 Å². The summed E-state index contributed by atoms with van der Waals surface area (Å²) in [5.41, 5.74) is 0.692. The number of halogens is 2. The van der Waals surface area contributed by atoms with Gasteiger partial charge in [-0.1, -0.05) is 29.1 Å². The maximum absolute atomic E-state index is 11.5. The minimum Gasteiger partial charge on any atom is -0.417 e. The molecule has 0 unspecified atom stereocenters. The minimum atomic E-state index is -0.628. The molecule has 2 aromatic carbocycles. The molecule has 0 fully saturated rings. The first-order valence-corrected chi connectivity index (χ1v) is 6.14. The van der Waals surface area contributed by atoms with Crippen molar-refractivity contribution in [1.29, 1.82) is 0 Å². The van der Waals surface area contributed by atoms with Gasteiger partial charge in [0.05, 0.1) is 0 Å². The van der Waals surface area contributed by atoms with E-state index in [4.69, 9.17) is 27.9 Å². The molecule has 94 valence electrons. The van der Waals surface area contributed by atoms with Crippen molar-refractivity contribution >= 4 is 29.2 Å². The molecule has 0 bridgehead atoms. The van der Waals surface area contributed by atoms with E-state index in [1.54, 1.807) is 48.5 Å². The van der Waals surface area contributed by atoms with E-state index < -0.39 is 5.97 Å². The lowest BCUT2D eigenvalue weighted by molar-refractivity contribution is -0.128. The average Bonchev–Trinajstić information content (AvgIpc) is 2.41. The number of esters is 1. The van der Waals surface area contributed by atoms with Crippen LogP contribution in [-0.2, 0) is 4.79 Å². The van der Waals surface area contributed by atoms with Crippen LogP contribution in [0.25, 0.3) is 0 Å². The number of carbonyl (C=O) groups excluding carboxylic acids is 1. The number of hydrogen-bond acceptors (Lipinski definition) is 2. The Morgan fingerprint density at radius 3 is 2.00 bits per heavy atom. The lowest BCUT2D eigenvalue weighted by Gasteiger charge is -1.98. The maximum atomic E-state index is 11.5. The van der Waals surface area contributed by atoms with Crippen molar-refractivity contribution in [2.24, 2.45) is 0 Å². The first kappa shape index (κ1) is 13.5. The van der Waals surface area contributed by atoms with Crippen molar-refractivity contribution in [2.45, 2.75) is 0 Å². The van der Waals surface area contributed by atoms with Crippen LogP contribution in [0.5, 0.6) is 5.75 Å². The smallest absolute Gasteiger partial charge is 0.390 e. The zero-order chi connectivity index (χ0) is 13.7. The molecule has 0 spiro atoms. The van der Waals surface area contributed by atoms with E-state index in [1.807, 2.05) is 0 Å². The zero-order valence-electron chi connectivity index (χ0n) is 9.69. The highest BCUT2D eigenvalue weighted by Crippen LogP contribution is 2.15. The second kappa shape index (κ2) is 6.29. The largest absolute Gasteiger partial charge is 0.417 e. The molecule has 0 saturated carbocycles. The molecule has 0 aromatic heterocycles. The Hall–Kier alpha value is -1.95. The number of rotatable bonds is 1. The fourth-order valence-electron chi connectivity index (χ4n) is 1.29. The Bertz CT molecular complexity index is 635. The van der Waals surface area contributed by atoms with Gasteiger partial charge in [0, 0.05) is 21.5 Å². The molecule has 2 nitrogen and oxygen atoms in total. The second-order valence-electron chi connectivity index (χ2n) is 3.60. The Balaban J connectivity index is 2.02. The Morgan fingerprint density at radius 1 is 0.895 bits per heavy atom. The summed E-state index contributed by atoms with van der Waals surface area (Å²) >= 11 is 11.5. The number of ether oxygens (including phenoxy) is 1. The van der Waals surface area contributed by atoms with Crippen LogP contribution in [0, 0.1) is 11.8 Å². The van der Waals surface area contributed by atoms with Crippen molar-refractivity contribution in [3.05, 3.63) is 64.1 Å². The lowest BCUT2D eigenvalue weighted by atomic mass is 10.2. The quantitative estimate of drug-likeness (QED) is 0.452. The van der Waals surface area contributed by atoms with Gasteiger partial charge in [-0.05, 0) is 48.5 Å². The molecule has 0 saturated heterocycles. The minimum absolute atomic E-state index is 0.403. The van der Waals surface area contributed by atoms with Crippen LogP contribution < -0.4 is 4.74 Å². The summed E-state index contributed by atoms with van der Waals surface area (Å²) in [5.74, 6) is 4.86. The highest BCUT2D eigenvalue weighted by Gasteiger charge is 2.00. The monoisotopic (exact) mass is 290 g/mol. The van der Waals surface area contributed by atoms with E-state index in [0.29, 0.717) is 21.4 Å². The SMILES string of the molecule is O=C(C#Cc1ccc(Cl)cc1)Oc1ccc(Cl)cc1. The van der Waals surface area contributed by atoms with Crippen LogP contribution in [0.4, 0.5) is 0 Å². The fourth-order valence-corrected chi connectivity index (χ4v) is 1.54. The van der Waals surface area contributed by atoms with Crippen LogP contribution in [-0.4, -0.2) is 5.97 Å². The van der Waals surface area contributed by atoms with Gasteiger partial charge in [-0.2, -0.15) is 0 Å². The van der Waals surface area contributed by atoms with Crippen LogP contribution in [0.2, 0.25) is 10.0 Å². The van der Waals surface area contributed by atoms with Crippen molar-refractivity contribution in [3.8, 4) is 17.6 Å². The van der Waals surface area contributed by atoms with Gasteiger partial charge in [0.25, 0.3) is 0 Å². The van der Waals surface area contributed by atoms with Crippen LogP contribution in [0.1, 0.15) is 5.56 Å². The maximum Gasteiger partial charge on any atom is 0.390 e. The van der Waals surface area contributed by atoms with Crippen LogP contribution in [0.3, 0.4) is 0 Å². The van der Waals surface area contributed by atoms with Crippen LogP contribution in [0.15, 0.2) is 48.5 Å². The first-order valence-electron chi connectivity index (χ1n) is 5.38. The molecular weight excluding hydrogens is 283 g/mol. The molecule has 0 heterocycles. The molecule has 4 heteroatoms. The van der Waals surface area contributed by atoms with E-state index in [0.717, 1.165) is 0 Å². The fraction of sp³-hybridized carbons (Fsp3) is 0. The summed E-state index contributed by atoms with van der Waals surface area (Å²) in [7, 11) is 0. The number of benzene rings is 2. The van der Waals surface area contributed by atoms with E-state index >= 15 is 0 Å². The Labute approximate surface area is 120 Å². The van der Waals surface area contributed by atoms with Crippen molar-refractivity contribution in [3.63, 3.8) is 0 Å². The summed E-state index contributed by atoms with van der Waals surface area (Å²) in [5, 5.41) is 1.20. The second-order valence-corrected chi connectivity index (χ2v) is 4.47. The molecular formula is C15H8Cl2O2. The molecule has 0 N–H and O–H groups in total. The molecule has 0 radical (unpaired) electrons. The van der Waals surface area contributed by atoms with E-state index in [2.05, 4.69) is 11.8 Å². The molecule has 0 aliphatic rings. The van der Waals surface area contributed by atoms with Crippen molar-refractivity contribution in [2.75, 3.05) is 0 Å². The van der Waals surface area contributed by atoms with Gasteiger partial charge in [-0.3, -0.25) is 0 Å². The highest BCUT2D eigenvalue weighted by atomic mass is 35.5.